The zero-order valence-corrected chi connectivity index (χ0v) is 23.3. The number of nitrogens with zero attached hydrogens (tertiary/aromatic N) is 3. The topological polar surface area (TPSA) is 30.7 Å². The van der Waals surface area contributed by atoms with Gasteiger partial charge in [0, 0.05) is 49.7 Å². The molecule has 0 amide bonds. The molecule has 4 heterocycles. The maximum absolute atomic E-state index is 4.83. The lowest BCUT2D eigenvalue weighted by Crippen LogP contribution is -1.93. The van der Waals surface area contributed by atoms with Crippen LogP contribution in [0.25, 0.3) is 80.8 Å². The maximum Gasteiger partial charge on any atom is 0.0730 e. The molecule has 9 rings (SSSR count). The fourth-order valence-corrected chi connectivity index (χ4v) is 7.42. The van der Waals surface area contributed by atoms with Crippen LogP contribution in [-0.4, -0.2) is 14.5 Å². The van der Waals surface area contributed by atoms with E-state index in [9.17, 15) is 0 Å². The van der Waals surface area contributed by atoms with Crippen LogP contribution in [0.1, 0.15) is 0 Å². The summed E-state index contributed by atoms with van der Waals surface area (Å²) in [5, 5.41) is 6.20. The van der Waals surface area contributed by atoms with E-state index in [2.05, 4.69) is 131 Å². The van der Waals surface area contributed by atoms with Crippen LogP contribution in [0.3, 0.4) is 0 Å². The zero-order chi connectivity index (χ0) is 27.6. The van der Waals surface area contributed by atoms with E-state index in [1.54, 1.807) is 11.3 Å². The number of benzene rings is 5. The van der Waals surface area contributed by atoms with Crippen LogP contribution in [0, 0.1) is 0 Å². The molecule has 0 aliphatic heterocycles. The molecule has 0 fully saturated rings. The first-order valence-corrected chi connectivity index (χ1v) is 14.9. The van der Waals surface area contributed by atoms with E-state index in [1.165, 1.54) is 64.1 Å². The molecular formula is C38H23N3S. The number of fused-ring (bicyclic) bond motifs is 8. The van der Waals surface area contributed by atoms with Gasteiger partial charge in [-0.25, -0.2) is 0 Å². The van der Waals surface area contributed by atoms with Crippen molar-refractivity contribution in [3.05, 3.63) is 140 Å². The summed E-state index contributed by atoms with van der Waals surface area (Å²) in [5.74, 6) is 0. The van der Waals surface area contributed by atoms with Crippen LogP contribution < -0.4 is 0 Å². The molecule has 0 unspecified atom stereocenters. The van der Waals surface area contributed by atoms with Crippen LogP contribution in [0.4, 0.5) is 0 Å². The van der Waals surface area contributed by atoms with Gasteiger partial charge in [-0.15, -0.1) is 11.3 Å². The Morgan fingerprint density at radius 1 is 0.500 bits per heavy atom. The number of thiophene rings is 1. The molecule has 5 aromatic carbocycles. The highest BCUT2D eigenvalue weighted by atomic mass is 32.1. The molecule has 3 nitrogen and oxygen atoms in total. The summed E-state index contributed by atoms with van der Waals surface area (Å²) in [6.07, 6.45) is 5.86. The first kappa shape index (κ1) is 23.4. The van der Waals surface area contributed by atoms with Crippen LogP contribution >= 0.6 is 11.3 Å². The summed E-state index contributed by atoms with van der Waals surface area (Å²) in [5.41, 5.74) is 9.28. The van der Waals surface area contributed by atoms with E-state index in [-0.39, 0.29) is 0 Å². The van der Waals surface area contributed by atoms with Gasteiger partial charge in [0.25, 0.3) is 0 Å². The summed E-state index contributed by atoms with van der Waals surface area (Å²) in [7, 11) is 0. The van der Waals surface area contributed by atoms with Crippen molar-refractivity contribution < 1.29 is 0 Å². The van der Waals surface area contributed by atoms with Crippen molar-refractivity contribution in [3.63, 3.8) is 0 Å². The van der Waals surface area contributed by atoms with Gasteiger partial charge in [0.05, 0.1) is 27.4 Å². The van der Waals surface area contributed by atoms with Crippen molar-refractivity contribution in [3.8, 4) is 27.9 Å². The Hall–Kier alpha value is -5.32. The monoisotopic (exact) mass is 553 g/mol. The molecule has 196 valence electrons. The fourth-order valence-electron chi connectivity index (χ4n) is 6.37. The minimum atomic E-state index is 1.01. The summed E-state index contributed by atoms with van der Waals surface area (Å²) < 4.78 is 4.85. The van der Waals surface area contributed by atoms with Gasteiger partial charge in [0.15, 0.2) is 0 Å². The summed E-state index contributed by atoms with van der Waals surface area (Å²) in [4.78, 5) is 9.14. The summed E-state index contributed by atoms with van der Waals surface area (Å²) in [6.45, 7) is 0. The van der Waals surface area contributed by atoms with Gasteiger partial charge < -0.3 is 4.57 Å². The molecule has 0 N–H and O–H groups in total. The molecule has 0 radical (unpaired) electrons. The number of aromatic nitrogens is 3. The summed E-state index contributed by atoms with van der Waals surface area (Å²) in [6, 6.07) is 43.7. The van der Waals surface area contributed by atoms with Crippen LogP contribution in [0.2, 0.25) is 0 Å². The maximum atomic E-state index is 4.83. The molecule has 42 heavy (non-hydrogen) atoms. The molecule has 0 aliphatic carbocycles. The van der Waals surface area contributed by atoms with Crippen molar-refractivity contribution >= 4 is 64.2 Å². The number of hydrogen-bond acceptors (Lipinski definition) is 3. The smallest absolute Gasteiger partial charge is 0.0730 e. The molecule has 0 saturated heterocycles. The zero-order valence-electron chi connectivity index (χ0n) is 22.5. The standard InChI is InChI=1S/C38H23N3S/c1-2-9-28(10-3-1)41-34-15-13-26(21-32(34)38-30-11-4-5-12-33(30)40-22-35(38)41)24-7-6-8-25(19-24)27-14-16-36-31(20-27)29-17-18-39-23-37(29)42-36/h1-23H. The predicted octanol–water partition coefficient (Wildman–Crippen LogP) is 10.4. The highest BCUT2D eigenvalue weighted by Crippen LogP contribution is 2.39. The fraction of sp³-hybridized carbons (Fsp3) is 0. The molecular weight excluding hydrogens is 531 g/mol. The number of rotatable bonds is 3. The van der Waals surface area contributed by atoms with Gasteiger partial charge in [-0.2, -0.15) is 0 Å². The van der Waals surface area contributed by atoms with Crippen molar-refractivity contribution in [2.24, 2.45) is 0 Å². The minimum Gasteiger partial charge on any atom is -0.308 e. The van der Waals surface area contributed by atoms with E-state index < -0.39 is 0 Å². The van der Waals surface area contributed by atoms with Gasteiger partial charge in [-0.05, 0) is 76.9 Å². The van der Waals surface area contributed by atoms with Crippen molar-refractivity contribution in [2.45, 2.75) is 0 Å². The number of hydrogen-bond donors (Lipinski definition) is 0. The summed E-state index contributed by atoms with van der Waals surface area (Å²) >= 11 is 1.80. The highest BCUT2D eigenvalue weighted by molar-refractivity contribution is 7.25. The number of pyridine rings is 2. The quantitative estimate of drug-likeness (QED) is 0.218. The highest BCUT2D eigenvalue weighted by Gasteiger charge is 2.16. The van der Waals surface area contributed by atoms with E-state index >= 15 is 0 Å². The van der Waals surface area contributed by atoms with Crippen LogP contribution in [0.5, 0.6) is 0 Å². The second kappa shape index (κ2) is 9.10. The van der Waals surface area contributed by atoms with E-state index in [0.29, 0.717) is 0 Å². The normalized spacial score (nSPS) is 11.8. The Balaban J connectivity index is 1.25. The van der Waals surface area contributed by atoms with Gasteiger partial charge in [-0.1, -0.05) is 66.7 Å². The average Bonchev–Trinajstić information content (AvgIpc) is 3.60. The second-order valence-electron chi connectivity index (χ2n) is 10.7. The Morgan fingerprint density at radius 2 is 1.26 bits per heavy atom. The third-order valence-corrected chi connectivity index (χ3v) is 9.44. The van der Waals surface area contributed by atoms with E-state index in [1.807, 2.05) is 18.6 Å². The Bertz CT molecular complexity index is 2470. The van der Waals surface area contributed by atoms with Gasteiger partial charge >= 0.3 is 0 Å². The molecule has 0 bridgehead atoms. The van der Waals surface area contributed by atoms with E-state index in [0.717, 1.165) is 16.7 Å². The lowest BCUT2D eigenvalue weighted by molar-refractivity contribution is 1.17. The Labute approximate surface area is 246 Å². The van der Waals surface area contributed by atoms with Crippen LogP contribution in [0.15, 0.2) is 140 Å². The third kappa shape index (κ3) is 3.52. The van der Waals surface area contributed by atoms with Crippen molar-refractivity contribution in [1.29, 1.82) is 0 Å². The lowest BCUT2D eigenvalue weighted by atomic mass is 9.97. The second-order valence-corrected chi connectivity index (χ2v) is 11.8. The Kier molecular flexibility index (Phi) is 5.07. The Morgan fingerprint density at radius 3 is 2.14 bits per heavy atom. The predicted molar refractivity (Wildman–Crippen MR) is 178 cm³/mol. The number of para-hydroxylation sites is 2. The first-order chi connectivity index (χ1) is 20.8. The minimum absolute atomic E-state index is 1.01. The largest absolute Gasteiger partial charge is 0.308 e. The van der Waals surface area contributed by atoms with Crippen LogP contribution in [-0.2, 0) is 0 Å². The molecule has 9 aromatic rings. The molecule has 4 heteroatoms. The molecule has 0 spiro atoms. The molecule has 0 aliphatic rings. The van der Waals surface area contributed by atoms with Gasteiger partial charge in [-0.3, -0.25) is 9.97 Å². The van der Waals surface area contributed by atoms with Gasteiger partial charge in [0.2, 0.25) is 0 Å². The van der Waals surface area contributed by atoms with Crippen molar-refractivity contribution in [1.82, 2.24) is 14.5 Å². The molecule has 4 aromatic heterocycles. The lowest BCUT2D eigenvalue weighted by Gasteiger charge is -2.09. The average molecular weight is 554 g/mol. The van der Waals surface area contributed by atoms with Crippen molar-refractivity contribution in [2.75, 3.05) is 0 Å². The SMILES string of the molecule is c1ccc(-n2c3ccc(-c4cccc(-c5ccc6sc7cnccc7c6c5)c4)cc3c3c4ccccc4ncc32)cc1. The van der Waals surface area contributed by atoms with Gasteiger partial charge in [0.1, 0.15) is 0 Å². The molecule has 0 atom stereocenters. The van der Waals surface area contributed by atoms with E-state index in [4.69, 9.17) is 4.98 Å². The molecule has 0 saturated carbocycles. The third-order valence-electron chi connectivity index (χ3n) is 8.32. The first-order valence-electron chi connectivity index (χ1n) is 14.1.